The van der Waals surface area contributed by atoms with Crippen molar-refractivity contribution in [2.75, 3.05) is 0 Å². The van der Waals surface area contributed by atoms with E-state index in [2.05, 4.69) is 15.8 Å². The number of nitriles is 1. The fraction of sp³-hybridized carbons (Fsp3) is 0.417. The van der Waals surface area contributed by atoms with Crippen LogP contribution in [-0.4, -0.2) is 36.8 Å². The first-order valence-electron chi connectivity index (χ1n) is 11.5. The zero-order chi connectivity index (χ0) is 27.0. The summed E-state index contributed by atoms with van der Waals surface area (Å²) in [5.41, 5.74) is 1.31. The van der Waals surface area contributed by atoms with Crippen LogP contribution < -0.4 is 9.46 Å². The molecule has 2 aromatic heterocycles. The second-order valence-electron chi connectivity index (χ2n) is 8.82. The van der Waals surface area contributed by atoms with E-state index in [-0.39, 0.29) is 23.0 Å². The zero-order valence-corrected chi connectivity index (χ0v) is 20.4. The van der Waals surface area contributed by atoms with Crippen LogP contribution in [0, 0.1) is 11.3 Å². The van der Waals surface area contributed by atoms with Crippen LogP contribution in [0.5, 0.6) is 5.75 Å². The molecule has 37 heavy (non-hydrogen) atoms. The average Bonchev–Trinajstić information content (AvgIpc) is 3.17. The molecule has 1 fully saturated rings. The summed E-state index contributed by atoms with van der Waals surface area (Å²) in [4.78, 5) is 3.72. The second kappa shape index (κ2) is 10.3. The highest BCUT2D eigenvalue weighted by atomic mass is 32.2. The number of rotatable bonds is 7. The molecular formula is C24H23F5N4O3S. The van der Waals surface area contributed by atoms with Gasteiger partial charge in [-0.25, -0.2) is 8.42 Å². The van der Waals surface area contributed by atoms with Gasteiger partial charge >= 0.3 is 12.8 Å². The van der Waals surface area contributed by atoms with Gasteiger partial charge in [-0.2, -0.15) is 31.9 Å². The van der Waals surface area contributed by atoms with Crippen molar-refractivity contribution in [3.63, 3.8) is 0 Å². The van der Waals surface area contributed by atoms with Gasteiger partial charge in [-0.05, 0) is 44.0 Å². The highest BCUT2D eigenvalue weighted by Crippen LogP contribution is 2.41. The highest BCUT2D eigenvalue weighted by molar-refractivity contribution is 7.89. The molecule has 3 aromatic rings. The van der Waals surface area contributed by atoms with Gasteiger partial charge in [-0.15, -0.1) is 0 Å². The zero-order valence-electron chi connectivity index (χ0n) is 19.6. The molecular weight excluding hydrogens is 519 g/mol. The third kappa shape index (κ3) is 5.55. The number of alkyl halides is 5. The third-order valence-electron chi connectivity index (χ3n) is 6.36. The monoisotopic (exact) mass is 542 g/mol. The van der Waals surface area contributed by atoms with E-state index < -0.39 is 33.7 Å². The number of nitrogens with one attached hydrogen (secondary N) is 1. The lowest BCUT2D eigenvalue weighted by atomic mass is 9.95. The number of nitrogens with zero attached hydrogens (tertiary/aromatic N) is 3. The molecule has 0 amide bonds. The number of fused-ring (bicyclic) bond motifs is 1. The molecule has 2 heterocycles. The number of benzene rings is 1. The lowest BCUT2D eigenvalue weighted by molar-refractivity contribution is -0.147. The van der Waals surface area contributed by atoms with Crippen LogP contribution >= 0.6 is 0 Å². The molecule has 0 bridgehead atoms. The van der Waals surface area contributed by atoms with Gasteiger partial charge < -0.3 is 9.30 Å². The molecule has 0 radical (unpaired) electrons. The first-order chi connectivity index (χ1) is 17.4. The summed E-state index contributed by atoms with van der Waals surface area (Å²) < 4.78 is 97.2. The minimum absolute atomic E-state index is 0.0744. The van der Waals surface area contributed by atoms with Crippen LogP contribution in [0.15, 0.2) is 41.4 Å². The van der Waals surface area contributed by atoms with Gasteiger partial charge in [0.2, 0.25) is 10.0 Å². The Morgan fingerprint density at radius 3 is 2.43 bits per heavy atom. The molecule has 1 aliphatic rings. The lowest BCUT2D eigenvalue weighted by Crippen LogP contribution is -2.42. The number of halogens is 5. The summed E-state index contributed by atoms with van der Waals surface area (Å²) in [7, 11) is -4.52. The van der Waals surface area contributed by atoms with E-state index in [9.17, 15) is 35.6 Å². The van der Waals surface area contributed by atoms with E-state index in [4.69, 9.17) is 0 Å². The largest absolute Gasteiger partial charge is 0.435 e. The maximum atomic E-state index is 12.9. The summed E-state index contributed by atoms with van der Waals surface area (Å²) in [6.45, 7) is -2.34. The van der Waals surface area contributed by atoms with Crippen molar-refractivity contribution in [2.45, 2.75) is 68.8 Å². The van der Waals surface area contributed by atoms with E-state index in [1.54, 1.807) is 4.72 Å². The Bertz CT molecular complexity index is 1420. The summed E-state index contributed by atoms with van der Waals surface area (Å²) in [6.07, 6.45) is 0.579. The minimum atomic E-state index is -4.77. The Morgan fingerprint density at radius 1 is 1.16 bits per heavy atom. The van der Waals surface area contributed by atoms with Gasteiger partial charge in [0.05, 0.1) is 22.5 Å². The quantitative estimate of drug-likeness (QED) is 0.375. The standard InChI is InChI=1S/C24H23F5N4O3S/c1-14(24(27,28)29)32-37(34,35)17-8-10-20(31-13-17)22-19(12-30)18-9-7-16(36-23(25)26)11-21(18)33(22)15-5-3-2-4-6-15/h7-11,13-15,23,32H,2-6H2,1H3. The van der Waals surface area contributed by atoms with Crippen LogP contribution in [0.4, 0.5) is 22.0 Å². The average molecular weight is 543 g/mol. The number of hydrogen-bond acceptors (Lipinski definition) is 5. The first-order valence-corrected chi connectivity index (χ1v) is 13.0. The van der Waals surface area contributed by atoms with Crippen LogP contribution in [-0.2, 0) is 10.0 Å². The molecule has 7 nitrogen and oxygen atoms in total. The summed E-state index contributed by atoms with van der Waals surface area (Å²) in [5.74, 6) is -0.0765. The number of sulfonamides is 1. The van der Waals surface area contributed by atoms with Crippen LogP contribution in [0.1, 0.15) is 50.6 Å². The molecule has 1 saturated carbocycles. The number of pyridine rings is 1. The Hall–Kier alpha value is -3.24. The normalized spacial score (nSPS) is 16.2. The molecule has 0 aliphatic heterocycles. The van der Waals surface area contributed by atoms with E-state index in [0.717, 1.165) is 44.4 Å². The van der Waals surface area contributed by atoms with Crippen molar-refractivity contribution in [1.82, 2.24) is 14.3 Å². The van der Waals surface area contributed by atoms with Crippen molar-refractivity contribution in [2.24, 2.45) is 0 Å². The Kier molecular flexibility index (Phi) is 7.43. The summed E-state index contributed by atoms with van der Waals surface area (Å²) in [6, 6.07) is 6.47. The maximum absolute atomic E-state index is 12.9. The Balaban J connectivity index is 1.83. The molecule has 0 spiro atoms. The van der Waals surface area contributed by atoms with E-state index in [0.29, 0.717) is 23.5 Å². The van der Waals surface area contributed by atoms with E-state index in [1.807, 2.05) is 4.57 Å². The number of hydrogen-bond donors (Lipinski definition) is 1. The van der Waals surface area contributed by atoms with Crippen molar-refractivity contribution in [3.8, 4) is 23.2 Å². The summed E-state index contributed by atoms with van der Waals surface area (Å²) >= 11 is 0. The van der Waals surface area contributed by atoms with E-state index in [1.165, 1.54) is 24.3 Å². The first kappa shape index (κ1) is 26.8. The van der Waals surface area contributed by atoms with Gasteiger partial charge in [0, 0.05) is 23.7 Å². The Labute approximate surface area is 209 Å². The fourth-order valence-electron chi connectivity index (χ4n) is 4.60. The predicted octanol–water partition coefficient (Wildman–Crippen LogP) is 5.91. The van der Waals surface area contributed by atoms with Crippen molar-refractivity contribution in [3.05, 3.63) is 42.1 Å². The molecule has 1 aromatic carbocycles. The highest BCUT2D eigenvalue weighted by Gasteiger charge is 2.39. The molecule has 198 valence electrons. The molecule has 1 N–H and O–H groups in total. The van der Waals surface area contributed by atoms with Gasteiger partial charge in [0.25, 0.3) is 0 Å². The van der Waals surface area contributed by atoms with Gasteiger partial charge in [-0.1, -0.05) is 19.3 Å². The van der Waals surface area contributed by atoms with Crippen LogP contribution in [0.3, 0.4) is 0 Å². The molecule has 1 aliphatic carbocycles. The van der Waals surface area contributed by atoms with Gasteiger partial charge in [0.15, 0.2) is 0 Å². The maximum Gasteiger partial charge on any atom is 0.404 e. The fourth-order valence-corrected chi connectivity index (χ4v) is 5.77. The SMILES string of the molecule is CC(NS(=O)(=O)c1ccc(-c2c(C#N)c3ccc(OC(F)F)cc3n2C2CCCCC2)nc1)C(F)(F)F. The van der Waals surface area contributed by atoms with Crippen molar-refractivity contribution in [1.29, 1.82) is 5.26 Å². The molecule has 1 unspecified atom stereocenters. The molecule has 1 atom stereocenters. The van der Waals surface area contributed by atoms with Crippen molar-refractivity contribution < 1.29 is 35.1 Å². The van der Waals surface area contributed by atoms with Crippen molar-refractivity contribution >= 4 is 20.9 Å². The smallest absolute Gasteiger partial charge is 0.404 e. The lowest BCUT2D eigenvalue weighted by Gasteiger charge is -2.26. The minimum Gasteiger partial charge on any atom is -0.435 e. The second-order valence-corrected chi connectivity index (χ2v) is 10.5. The molecule has 0 saturated heterocycles. The number of aromatic nitrogens is 2. The van der Waals surface area contributed by atoms with E-state index >= 15 is 0 Å². The molecule has 4 rings (SSSR count). The number of ether oxygens (including phenoxy) is 1. The predicted molar refractivity (Wildman–Crippen MR) is 124 cm³/mol. The van der Waals surface area contributed by atoms with Gasteiger partial charge in [0.1, 0.15) is 22.8 Å². The Morgan fingerprint density at radius 2 is 1.86 bits per heavy atom. The van der Waals surface area contributed by atoms with Crippen LogP contribution in [0.2, 0.25) is 0 Å². The topological polar surface area (TPSA) is 97.0 Å². The molecule has 13 heteroatoms. The summed E-state index contributed by atoms with van der Waals surface area (Å²) in [5, 5.41) is 10.5. The third-order valence-corrected chi connectivity index (χ3v) is 7.89. The van der Waals surface area contributed by atoms with Crippen LogP contribution in [0.25, 0.3) is 22.3 Å². The van der Waals surface area contributed by atoms with Gasteiger partial charge in [-0.3, -0.25) is 4.98 Å².